The molecule has 147 heavy (non-hydrogen) atoms. The highest BCUT2D eigenvalue weighted by Gasteiger charge is 2.41. The number of nitrogens with zero attached hydrogens (tertiary/aromatic N) is 5. The molecule has 1 aliphatic carbocycles. The van der Waals surface area contributed by atoms with Crippen LogP contribution in [0.3, 0.4) is 0 Å². The molecule has 0 spiro atoms. The summed E-state index contributed by atoms with van der Waals surface area (Å²) in [5.74, 6) is -8.98. The van der Waals surface area contributed by atoms with Crippen molar-refractivity contribution in [1.29, 1.82) is 0 Å². The van der Waals surface area contributed by atoms with Crippen LogP contribution in [0.2, 0.25) is 10.2 Å². The third kappa shape index (κ3) is 18.3. The van der Waals surface area contributed by atoms with E-state index in [9.17, 15) is 86.7 Å². The van der Waals surface area contributed by atoms with Gasteiger partial charge in [0.1, 0.15) is 85.2 Å². The first-order chi connectivity index (χ1) is 70.3. The molecule has 0 radical (unpaired) electrons. The molecule has 8 aromatic carbocycles. The van der Waals surface area contributed by atoms with Crippen molar-refractivity contribution in [2.45, 2.75) is 63.4 Å². The maximum absolute atomic E-state index is 15.1. The number of nitrogens with two attached hydrogens (primary N) is 1. The van der Waals surface area contributed by atoms with Crippen LogP contribution in [0.25, 0.3) is 143 Å². The van der Waals surface area contributed by atoms with Gasteiger partial charge in [-0.3, -0.25) is 38.4 Å². The second-order valence-corrected chi connectivity index (χ2v) is 40.9. The van der Waals surface area contributed by atoms with Crippen molar-refractivity contribution >= 4 is 181 Å². The lowest BCUT2D eigenvalue weighted by Gasteiger charge is -2.14. The molecule has 0 bridgehead atoms. The number of rotatable bonds is 22. The molecule has 33 nitrogen and oxygen atoms in total. The molecule has 0 atom stereocenters. The van der Waals surface area contributed by atoms with E-state index in [-0.39, 0.29) is 186 Å². The number of amides is 4. The monoisotopic (exact) mass is 2090 g/mol. The van der Waals surface area contributed by atoms with Crippen molar-refractivity contribution in [3.05, 3.63) is 381 Å². The molecule has 44 heteroatoms. The van der Waals surface area contributed by atoms with E-state index >= 15 is 13.2 Å². The number of primary amides is 1. The fourth-order valence-electron chi connectivity index (χ4n) is 17.9. The van der Waals surface area contributed by atoms with E-state index in [4.69, 9.17) is 46.6 Å². The number of sulfonamides is 3. The summed E-state index contributed by atoms with van der Waals surface area (Å²) in [5.41, 5.74) is 5.46. The summed E-state index contributed by atoms with van der Waals surface area (Å²) < 4.78 is 198. The fraction of sp³-hybridized carbons (Fsp3) is 0.107. The van der Waals surface area contributed by atoms with Crippen LogP contribution in [0.15, 0.2) is 281 Å². The molecule has 4 amide bonds. The Morgan fingerprint density at radius 1 is 0.435 bits per heavy atom. The smallest absolute Gasteiger partial charge is 0.353 e. The Hall–Kier alpha value is -17.4. The zero-order valence-electron chi connectivity index (χ0n) is 76.3. The number of para-hydroxylation sites is 1. The number of carbonyl (C=O) groups is 5. The van der Waals surface area contributed by atoms with Crippen LogP contribution < -0.4 is 42.1 Å². The average molecular weight is 2090 g/mol. The molecule has 21 aromatic rings. The Kier molecular flexibility index (Phi) is 25.9. The number of halogens is 8. The second-order valence-electron chi connectivity index (χ2n) is 34.2. The number of carboxylic acid groups (broad SMARTS) is 1. The van der Waals surface area contributed by atoms with Crippen molar-refractivity contribution in [2.75, 3.05) is 6.26 Å². The predicted octanol–water partition coefficient (Wildman–Crippen LogP) is 18.0. The molecule has 10 N–H and O–H groups in total. The summed E-state index contributed by atoms with van der Waals surface area (Å²) in [6.45, 7) is 1.84. The predicted molar refractivity (Wildman–Crippen MR) is 537 cm³/mol. The lowest BCUT2D eigenvalue weighted by Crippen LogP contribution is -2.37. The normalized spacial score (nSPS) is 12.3. The van der Waals surface area contributed by atoms with Crippen molar-refractivity contribution in [2.24, 2.45) is 5.73 Å². The Labute approximate surface area is 832 Å². The minimum Gasteiger partial charge on any atom is -0.477 e. The van der Waals surface area contributed by atoms with Crippen molar-refractivity contribution < 1.29 is 98.3 Å². The SMILES string of the molecule is CC(C)S(=O)(=O)NC(=O)c1c(-c2ccc[nH]c2=O)c2c3occc3c(F)cc2n1Cc1ccccc1F.CS(=O)(=O)NC(=O)c1c(-c2ccc[nH]c2=O)c2c3occc3ccc2n1Cc1cc(C(N)=O)ccc1F.O=C(NS(=O)(=O)C1CC1)c1c(-c2ccc[nH]c2=O)c2c3occc3c(F)cc2n1Cc1ccccc1F.O=C(O)c1c(-c2ccc[nH]c2=O)c2c3occc3c(F)cc2n1Cc1c(Cl)nc2ccccc2c1Cl. The minimum absolute atomic E-state index is 0.00895. The van der Waals surface area contributed by atoms with Crippen LogP contribution in [0.1, 0.15) is 101 Å². The summed E-state index contributed by atoms with van der Waals surface area (Å²) in [4.78, 5) is 131. The molecule has 1 aliphatic rings. The molecule has 22 rings (SSSR count). The van der Waals surface area contributed by atoms with Gasteiger partial charge in [0, 0.05) is 85.6 Å². The highest BCUT2D eigenvalue weighted by Crippen LogP contribution is 2.47. The van der Waals surface area contributed by atoms with Crippen molar-refractivity contribution in [3.63, 3.8) is 0 Å². The number of carboxylic acids is 1. The number of benzene rings is 8. The van der Waals surface area contributed by atoms with Gasteiger partial charge < -0.3 is 66.7 Å². The average Bonchev–Trinajstić information content (AvgIpc) is 1.57. The van der Waals surface area contributed by atoms with Gasteiger partial charge in [-0.25, -0.2) is 75.5 Å². The first kappa shape index (κ1) is 98.4. The number of hydrogen-bond acceptors (Lipinski definition) is 20. The lowest BCUT2D eigenvalue weighted by molar-refractivity contribution is 0.0685. The van der Waals surface area contributed by atoms with Gasteiger partial charge in [-0.05, 0) is 166 Å². The number of nitrogens with one attached hydrogen (secondary N) is 7. The van der Waals surface area contributed by atoms with Crippen LogP contribution in [0.4, 0.5) is 26.3 Å². The number of aromatic carboxylic acids is 1. The van der Waals surface area contributed by atoms with Gasteiger partial charge in [0.05, 0.1) is 161 Å². The second kappa shape index (κ2) is 38.7. The van der Waals surface area contributed by atoms with Crippen molar-refractivity contribution in [3.8, 4) is 44.5 Å². The molecule has 1 saturated carbocycles. The van der Waals surface area contributed by atoms with Gasteiger partial charge >= 0.3 is 5.97 Å². The van der Waals surface area contributed by atoms with E-state index in [1.54, 1.807) is 72.8 Å². The molecule has 0 aliphatic heterocycles. The van der Waals surface area contributed by atoms with E-state index in [0.717, 1.165) is 18.4 Å². The zero-order chi connectivity index (χ0) is 104. The molecule has 1 fully saturated rings. The zero-order valence-corrected chi connectivity index (χ0v) is 80.2. The molecule has 13 heterocycles. The fourth-order valence-corrected chi connectivity index (χ4v) is 20.8. The summed E-state index contributed by atoms with van der Waals surface area (Å²) in [7, 11) is -12.1. The maximum Gasteiger partial charge on any atom is 0.353 e. The molecular formula is C103H73Cl2F6N13O20S3. The number of furan rings is 4. The minimum atomic E-state index is -4.10. The summed E-state index contributed by atoms with van der Waals surface area (Å²) in [6.07, 6.45) is 12.6. The Morgan fingerprint density at radius 3 is 1.25 bits per heavy atom. The largest absolute Gasteiger partial charge is 0.477 e. The highest BCUT2D eigenvalue weighted by molar-refractivity contribution is 7.91. The van der Waals surface area contributed by atoms with Crippen LogP contribution in [-0.4, -0.2) is 120 Å². The Bertz CT molecular complexity index is 9510. The maximum atomic E-state index is 15.1. The van der Waals surface area contributed by atoms with E-state index < -0.39 is 127 Å². The van der Waals surface area contributed by atoms with E-state index in [1.807, 2.05) is 9.44 Å². The molecule has 744 valence electrons. The van der Waals surface area contributed by atoms with Crippen LogP contribution in [0, 0.1) is 34.9 Å². The first-order valence-corrected chi connectivity index (χ1v) is 50.1. The molecule has 0 saturated heterocycles. The summed E-state index contributed by atoms with van der Waals surface area (Å²) in [5, 5.41) is 11.8. The number of hydrogen-bond donors (Lipinski definition) is 9. The Balaban J connectivity index is 0.000000123. The first-order valence-electron chi connectivity index (χ1n) is 44.3. The topological polar surface area (TPSA) is 487 Å². The van der Waals surface area contributed by atoms with Gasteiger partial charge in [0.2, 0.25) is 36.0 Å². The standard InChI is InChI=1S/C26H14Cl2FN3O4.C26H19F2N3O5S.C26H21F2N3O5S.C25H19FN4O6S/c27-21-13-4-1-2-6-17(13)31-24(28)15(21)11-32-18-10-16(29)12-7-9-36-23(12)20(18)19(22(32)26(34)35)14-5-3-8-30-25(14)33;27-18-6-2-1-4-14(18)13-31-20-12-19(28)16-9-11-36-24(16)22(20)21(17-5-3-10-29-25(17)32)23(31)26(33)30-37(34,35)15-7-8-15;1-14(2)37(34,35)30-26(33)23-21(17-7-5-10-29-25(17)32)22-20(12-19(28)16-9-11-36-24(16)22)31(23)13-15-6-3-4-8-18(15)27;1-37(34,35)29-25(33)21-19(16-3-2-9-28-24(16)32)20-18(7-5-13-8-10-36-22(13)20)30(21)12-15-11-14(23(27)31)4-6-17(15)26/h1-10H,11H2,(H,30,33)(H,34,35);1-6,9-12,15H,7-8,13H2,(H,29,32)(H,30,33);3-12,14H,13H2,1-2H3,(H,29,32)(H,30,33);2-11H,12H2,1H3,(H2,27,31)(H,28,32)(H,29,33). The molecular weight excluding hydrogens is 2020 g/mol. The summed E-state index contributed by atoms with van der Waals surface area (Å²) >= 11 is 13.2. The van der Waals surface area contributed by atoms with E-state index in [1.165, 1.54) is 191 Å². The highest BCUT2D eigenvalue weighted by atomic mass is 35.5. The van der Waals surface area contributed by atoms with Crippen LogP contribution in [0.5, 0.6) is 0 Å². The molecule has 0 unspecified atom stereocenters. The van der Waals surface area contributed by atoms with E-state index in [2.05, 4.69) is 29.6 Å². The van der Waals surface area contributed by atoms with Gasteiger partial charge in [-0.15, -0.1) is 0 Å². The van der Waals surface area contributed by atoms with Gasteiger partial charge in [-0.1, -0.05) is 77.8 Å². The number of carbonyl (C=O) groups excluding carboxylic acids is 4. The third-order valence-corrected chi connectivity index (χ3v) is 29.6. The number of pyridine rings is 5. The van der Waals surface area contributed by atoms with Gasteiger partial charge in [-0.2, -0.15) is 0 Å². The van der Waals surface area contributed by atoms with Crippen LogP contribution >= 0.6 is 23.2 Å². The Morgan fingerprint density at radius 2 is 0.823 bits per heavy atom. The van der Waals surface area contributed by atoms with Gasteiger partial charge in [0.15, 0.2) is 0 Å². The van der Waals surface area contributed by atoms with Gasteiger partial charge in [0.25, 0.3) is 40.0 Å². The van der Waals surface area contributed by atoms with Crippen LogP contribution in [-0.2, 0) is 56.2 Å². The number of fused-ring (bicyclic) bond motifs is 13. The number of aromatic nitrogens is 9. The lowest BCUT2D eigenvalue weighted by atomic mass is 10.0. The molecule has 13 aromatic heterocycles. The third-order valence-electron chi connectivity index (χ3n) is 24.7. The number of H-pyrrole nitrogens is 4. The number of aromatic amines is 4. The summed E-state index contributed by atoms with van der Waals surface area (Å²) in [6, 6.07) is 47.3. The van der Waals surface area contributed by atoms with E-state index in [0.29, 0.717) is 56.2 Å². The van der Waals surface area contributed by atoms with Crippen molar-refractivity contribution in [1.82, 2.24) is 57.4 Å². The quantitative estimate of drug-likeness (QED) is 0.0225.